The van der Waals surface area contributed by atoms with Crippen LogP contribution in [-0.2, 0) is 16.8 Å². The molecule has 1 aliphatic carbocycles. The summed E-state index contributed by atoms with van der Waals surface area (Å²) in [5, 5.41) is 13.2. The number of carbonyl (C=O) groups is 1. The number of hydrogen-bond acceptors (Lipinski definition) is 2. The maximum atomic E-state index is 10.9. The summed E-state index contributed by atoms with van der Waals surface area (Å²) in [7, 11) is 0. The molecule has 1 aromatic heterocycles. The van der Waals surface area contributed by atoms with E-state index in [0.717, 1.165) is 31.5 Å². The highest BCUT2D eigenvalue weighted by atomic mass is 16.4. The number of rotatable bonds is 4. The van der Waals surface area contributed by atoms with Crippen molar-refractivity contribution in [3.05, 3.63) is 18.0 Å². The maximum absolute atomic E-state index is 10.9. The van der Waals surface area contributed by atoms with Crippen LogP contribution in [0.5, 0.6) is 0 Å². The quantitative estimate of drug-likeness (QED) is 0.820. The fourth-order valence-corrected chi connectivity index (χ4v) is 2.45. The molecule has 1 saturated carbocycles. The smallest absolute Gasteiger partial charge is 0.304 e. The zero-order valence-corrected chi connectivity index (χ0v) is 8.94. The van der Waals surface area contributed by atoms with Crippen LogP contribution in [0.25, 0.3) is 0 Å². The van der Waals surface area contributed by atoms with Gasteiger partial charge in [0.15, 0.2) is 0 Å². The number of aliphatic carboxylic acids is 1. The van der Waals surface area contributed by atoms with Crippen molar-refractivity contribution in [1.82, 2.24) is 9.78 Å². The van der Waals surface area contributed by atoms with E-state index in [0.29, 0.717) is 0 Å². The summed E-state index contributed by atoms with van der Waals surface area (Å²) in [6.45, 7) is 2.84. The lowest BCUT2D eigenvalue weighted by molar-refractivity contribution is -0.139. The van der Waals surface area contributed by atoms with Crippen molar-refractivity contribution in [1.29, 1.82) is 0 Å². The average molecular weight is 208 g/mol. The van der Waals surface area contributed by atoms with Crippen molar-refractivity contribution in [2.45, 2.75) is 44.6 Å². The van der Waals surface area contributed by atoms with Gasteiger partial charge in [-0.1, -0.05) is 6.42 Å². The van der Waals surface area contributed by atoms with Crippen LogP contribution in [0.3, 0.4) is 0 Å². The third-order valence-electron chi connectivity index (χ3n) is 3.36. The predicted octanol–water partition coefficient (Wildman–Crippen LogP) is 1.80. The summed E-state index contributed by atoms with van der Waals surface area (Å²) in [6.07, 6.45) is 5.08. The van der Waals surface area contributed by atoms with Crippen LogP contribution in [0, 0.1) is 0 Å². The second-order valence-corrected chi connectivity index (χ2v) is 4.24. The Kier molecular flexibility index (Phi) is 2.50. The third kappa shape index (κ3) is 1.64. The van der Waals surface area contributed by atoms with E-state index in [-0.39, 0.29) is 11.8 Å². The monoisotopic (exact) mass is 208 g/mol. The molecule has 4 heteroatoms. The van der Waals surface area contributed by atoms with Gasteiger partial charge in [0, 0.05) is 23.9 Å². The van der Waals surface area contributed by atoms with Crippen LogP contribution in [0.2, 0.25) is 0 Å². The van der Waals surface area contributed by atoms with Crippen molar-refractivity contribution < 1.29 is 9.90 Å². The Morgan fingerprint density at radius 1 is 1.67 bits per heavy atom. The standard InChI is InChI=1S/C11H16N2O2/c1-2-13-9(4-7-12-13)11(5-3-6-11)8-10(14)15/h4,7H,2-3,5-6,8H2,1H3,(H,14,15). The lowest BCUT2D eigenvalue weighted by Crippen LogP contribution is -2.38. The van der Waals surface area contributed by atoms with Crippen molar-refractivity contribution in [3.8, 4) is 0 Å². The largest absolute Gasteiger partial charge is 0.481 e. The van der Waals surface area contributed by atoms with Gasteiger partial charge in [-0.05, 0) is 25.8 Å². The minimum absolute atomic E-state index is 0.141. The Bertz CT molecular complexity index is 366. The number of hydrogen-bond donors (Lipinski definition) is 1. The van der Waals surface area contributed by atoms with Gasteiger partial charge in [-0.2, -0.15) is 5.10 Å². The molecule has 0 saturated heterocycles. The Balaban J connectivity index is 2.29. The molecule has 1 aromatic rings. The fraction of sp³-hybridized carbons (Fsp3) is 0.636. The molecule has 0 unspecified atom stereocenters. The molecule has 1 aliphatic rings. The summed E-state index contributed by atoms with van der Waals surface area (Å²) < 4.78 is 1.92. The van der Waals surface area contributed by atoms with Crippen LogP contribution in [0.4, 0.5) is 0 Å². The molecule has 15 heavy (non-hydrogen) atoms. The van der Waals surface area contributed by atoms with E-state index in [1.165, 1.54) is 0 Å². The van der Waals surface area contributed by atoms with Crippen LogP contribution < -0.4 is 0 Å². The van der Waals surface area contributed by atoms with Crippen LogP contribution in [-0.4, -0.2) is 20.9 Å². The molecule has 0 amide bonds. The van der Waals surface area contributed by atoms with Gasteiger partial charge in [-0.15, -0.1) is 0 Å². The molecular formula is C11H16N2O2. The first-order chi connectivity index (χ1) is 7.18. The van der Waals surface area contributed by atoms with E-state index in [2.05, 4.69) is 5.10 Å². The molecule has 0 atom stereocenters. The first kappa shape index (κ1) is 10.2. The zero-order chi connectivity index (χ0) is 10.9. The number of nitrogens with zero attached hydrogens (tertiary/aromatic N) is 2. The van der Waals surface area contributed by atoms with Crippen molar-refractivity contribution in [3.63, 3.8) is 0 Å². The fourth-order valence-electron chi connectivity index (χ4n) is 2.45. The van der Waals surface area contributed by atoms with Gasteiger partial charge >= 0.3 is 5.97 Å². The Labute approximate surface area is 88.9 Å². The third-order valence-corrected chi connectivity index (χ3v) is 3.36. The first-order valence-electron chi connectivity index (χ1n) is 5.42. The van der Waals surface area contributed by atoms with Gasteiger partial charge < -0.3 is 5.11 Å². The van der Waals surface area contributed by atoms with Gasteiger partial charge in [-0.25, -0.2) is 0 Å². The van der Waals surface area contributed by atoms with Gasteiger partial charge in [0.1, 0.15) is 0 Å². The maximum Gasteiger partial charge on any atom is 0.304 e. The second kappa shape index (κ2) is 3.68. The van der Waals surface area contributed by atoms with Gasteiger partial charge in [0.25, 0.3) is 0 Å². The molecule has 0 radical (unpaired) electrons. The van der Waals surface area contributed by atoms with E-state index in [9.17, 15) is 4.79 Å². The average Bonchev–Trinajstić information content (AvgIpc) is 2.58. The van der Waals surface area contributed by atoms with E-state index < -0.39 is 5.97 Å². The van der Waals surface area contributed by atoms with Gasteiger partial charge in [-0.3, -0.25) is 9.48 Å². The topological polar surface area (TPSA) is 55.1 Å². The summed E-state index contributed by atoms with van der Waals surface area (Å²) in [5.74, 6) is -0.710. The van der Waals surface area contributed by atoms with E-state index in [1.54, 1.807) is 6.20 Å². The molecule has 0 aliphatic heterocycles. The predicted molar refractivity (Wildman–Crippen MR) is 55.7 cm³/mol. The molecule has 0 aromatic carbocycles. The summed E-state index contributed by atoms with van der Waals surface area (Å²) >= 11 is 0. The van der Waals surface area contributed by atoms with Crippen molar-refractivity contribution in [2.75, 3.05) is 0 Å². The lowest BCUT2D eigenvalue weighted by atomic mass is 9.64. The molecule has 1 heterocycles. The van der Waals surface area contributed by atoms with E-state index in [1.807, 2.05) is 17.7 Å². The number of aromatic nitrogens is 2. The lowest BCUT2D eigenvalue weighted by Gasteiger charge is -2.41. The number of aryl methyl sites for hydroxylation is 1. The molecule has 1 fully saturated rings. The summed E-state index contributed by atoms with van der Waals surface area (Å²) in [4.78, 5) is 10.9. The number of carboxylic acid groups (broad SMARTS) is 1. The summed E-state index contributed by atoms with van der Waals surface area (Å²) in [5.41, 5.74) is 0.955. The summed E-state index contributed by atoms with van der Waals surface area (Å²) in [6, 6.07) is 1.96. The van der Waals surface area contributed by atoms with Crippen LogP contribution >= 0.6 is 0 Å². The molecular weight excluding hydrogens is 192 g/mol. The molecule has 0 spiro atoms. The normalized spacial score (nSPS) is 18.5. The highest BCUT2D eigenvalue weighted by Gasteiger charge is 2.42. The van der Waals surface area contributed by atoms with Crippen molar-refractivity contribution in [2.24, 2.45) is 0 Å². The Hall–Kier alpha value is -1.32. The molecule has 0 bridgehead atoms. The minimum Gasteiger partial charge on any atom is -0.481 e. The highest BCUT2D eigenvalue weighted by molar-refractivity contribution is 5.69. The molecule has 1 N–H and O–H groups in total. The first-order valence-corrected chi connectivity index (χ1v) is 5.42. The van der Waals surface area contributed by atoms with Gasteiger partial charge in [0.2, 0.25) is 0 Å². The van der Waals surface area contributed by atoms with E-state index in [4.69, 9.17) is 5.11 Å². The van der Waals surface area contributed by atoms with Gasteiger partial charge in [0.05, 0.1) is 6.42 Å². The Morgan fingerprint density at radius 3 is 2.87 bits per heavy atom. The molecule has 2 rings (SSSR count). The second-order valence-electron chi connectivity index (χ2n) is 4.24. The van der Waals surface area contributed by atoms with Crippen molar-refractivity contribution >= 4 is 5.97 Å². The molecule has 82 valence electrons. The molecule has 4 nitrogen and oxygen atoms in total. The number of carboxylic acids is 1. The minimum atomic E-state index is -0.710. The zero-order valence-electron chi connectivity index (χ0n) is 8.94. The van der Waals surface area contributed by atoms with E-state index >= 15 is 0 Å². The Morgan fingerprint density at radius 2 is 2.40 bits per heavy atom. The SMILES string of the molecule is CCn1nccc1C1(CC(=O)O)CCC1. The van der Waals surface area contributed by atoms with Crippen LogP contribution in [0.1, 0.15) is 38.3 Å². The van der Waals surface area contributed by atoms with Crippen LogP contribution in [0.15, 0.2) is 12.3 Å². The highest BCUT2D eigenvalue weighted by Crippen LogP contribution is 2.46.